The zero-order valence-corrected chi connectivity index (χ0v) is 18.1. The van der Waals surface area contributed by atoms with Gasteiger partial charge in [-0.3, -0.25) is 0 Å². The molecule has 0 saturated carbocycles. The minimum absolute atomic E-state index is 0.0528. The van der Waals surface area contributed by atoms with Gasteiger partial charge in [0.15, 0.2) is 6.23 Å². The highest BCUT2D eigenvalue weighted by Crippen LogP contribution is 2.35. The van der Waals surface area contributed by atoms with Crippen molar-refractivity contribution in [3.8, 4) is 17.2 Å². The fraction of sp³-hybridized carbons (Fsp3) is 0.174. The Balaban J connectivity index is 1.58. The molecule has 0 saturated heterocycles. The Bertz CT molecular complexity index is 1210. The molecule has 4 rings (SSSR count). The molecule has 1 amide bonds. The first-order valence-corrected chi connectivity index (χ1v) is 11.3. The van der Waals surface area contributed by atoms with Gasteiger partial charge in [0.2, 0.25) is 10.0 Å². The maximum absolute atomic E-state index is 13.4. The van der Waals surface area contributed by atoms with E-state index in [4.69, 9.17) is 19.9 Å². The summed E-state index contributed by atoms with van der Waals surface area (Å²) in [5.41, 5.74) is 6.74. The van der Waals surface area contributed by atoms with E-state index in [9.17, 15) is 13.2 Å². The molecule has 0 spiro atoms. The maximum Gasteiger partial charge on any atom is 0.406 e. The molecule has 0 bridgehead atoms. The van der Waals surface area contributed by atoms with Crippen LogP contribution in [-0.4, -0.2) is 32.5 Å². The van der Waals surface area contributed by atoms with Gasteiger partial charge in [-0.05, 0) is 60.5 Å². The number of benzene rings is 3. The third-order valence-electron chi connectivity index (χ3n) is 5.14. The fourth-order valence-corrected chi connectivity index (χ4v) is 5.07. The molecular weight excluding hydrogens is 432 g/mol. The van der Waals surface area contributed by atoms with Gasteiger partial charge in [-0.15, -0.1) is 0 Å². The second-order valence-corrected chi connectivity index (χ2v) is 8.99. The van der Waals surface area contributed by atoms with Crippen LogP contribution in [0, 0.1) is 0 Å². The lowest BCUT2D eigenvalue weighted by molar-refractivity contribution is 0.0295. The summed E-state index contributed by atoms with van der Waals surface area (Å²) in [6, 6.07) is 20.3. The molecule has 8 nitrogen and oxygen atoms in total. The Morgan fingerprint density at radius 1 is 0.938 bits per heavy atom. The number of ether oxygens (including phenoxy) is 3. The summed E-state index contributed by atoms with van der Waals surface area (Å²) in [4.78, 5) is 11.6. The molecule has 166 valence electrons. The van der Waals surface area contributed by atoms with Crippen LogP contribution in [0.15, 0.2) is 77.7 Å². The summed E-state index contributed by atoms with van der Waals surface area (Å²) in [7, 11) is -2.39. The highest BCUT2D eigenvalue weighted by atomic mass is 32.2. The lowest BCUT2D eigenvalue weighted by Crippen LogP contribution is -2.42. The van der Waals surface area contributed by atoms with Crippen LogP contribution < -0.4 is 15.2 Å². The van der Waals surface area contributed by atoms with Gasteiger partial charge in [0.25, 0.3) is 0 Å². The molecule has 1 atom stereocenters. The van der Waals surface area contributed by atoms with Gasteiger partial charge in [-0.1, -0.05) is 24.3 Å². The zero-order chi connectivity index (χ0) is 22.7. The van der Waals surface area contributed by atoms with Crippen molar-refractivity contribution in [3.63, 3.8) is 0 Å². The Morgan fingerprint density at radius 3 is 2.16 bits per heavy atom. The predicted molar refractivity (Wildman–Crippen MR) is 117 cm³/mol. The van der Waals surface area contributed by atoms with Gasteiger partial charge in [0, 0.05) is 12.1 Å². The molecule has 0 fully saturated rings. The predicted octanol–water partition coefficient (Wildman–Crippen LogP) is 3.83. The van der Waals surface area contributed by atoms with E-state index >= 15 is 0 Å². The summed E-state index contributed by atoms with van der Waals surface area (Å²) in [5, 5.41) is 0. The number of nitrogens with zero attached hydrogens (tertiary/aromatic N) is 1. The Labute approximate surface area is 186 Å². The van der Waals surface area contributed by atoms with E-state index in [1.165, 1.54) is 12.1 Å². The van der Waals surface area contributed by atoms with Crippen molar-refractivity contribution in [1.29, 1.82) is 0 Å². The number of primary amides is 1. The molecule has 3 aromatic rings. The Morgan fingerprint density at radius 2 is 1.53 bits per heavy atom. The molecule has 2 N–H and O–H groups in total. The van der Waals surface area contributed by atoms with Crippen molar-refractivity contribution in [2.45, 2.75) is 17.5 Å². The molecule has 1 heterocycles. The molecule has 0 aromatic heterocycles. The number of rotatable bonds is 6. The van der Waals surface area contributed by atoms with Gasteiger partial charge in [-0.25, -0.2) is 13.2 Å². The standard InChI is InChI=1S/C23H22N2O6S/c1-29-17-6-8-18(9-7-17)30-19-10-12-20(13-11-19)32(27,28)25-15-14-16-4-2-3-5-21(16)22(25)31-23(24)26/h2-13,22H,14-15H2,1H3,(H2,24,26)/t22-/m1/s1. The maximum atomic E-state index is 13.4. The highest BCUT2D eigenvalue weighted by molar-refractivity contribution is 7.89. The van der Waals surface area contributed by atoms with Gasteiger partial charge < -0.3 is 19.9 Å². The SMILES string of the molecule is COc1ccc(Oc2ccc(S(=O)(=O)N3CCc4ccccc4[C@H]3OC(N)=O)cc2)cc1. The van der Waals surface area contributed by atoms with Gasteiger partial charge in [0.1, 0.15) is 17.2 Å². The number of nitrogens with two attached hydrogens (primary N) is 1. The molecule has 1 aliphatic heterocycles. The molecule has 1 aliphatic rings. The minimum Gasteiger partial charge on any atom is -0.497 e. The Kier molecular flexibility index (Phi) is 6.02. The quantitative estimate of drug-likeness (QED) is 0.606. The normalized spacial score (nSPS) is 16.1. The summed E-state index contributed by atoms with van der Waals surface area (Å²) < 4.78 is 44.0. The third kappa shape index (κ3) is 4.39. The Hall–Kier alpha value is -3.56. The number of amides is 1. The van der Waals surface area contributed by atoms with Crippen LogP contribution in [0.25, 0.3) is 0 Å². The van der Waals surface area contributed by atoms with Crippen molar-refractivity contribution < 1.29 is 27.4 Å². The second kappa shape index (κ2) is 8.89. The molecule has 0 radical (unpaired) electrons. The van der Waals surface area contributed by atoms with Crippen molar-refractivity contribution in [1.82, 2.24) is 4.31 Å². The van der Waals surface area contributed by atoms with E-state index in [2.05, 4.69) is 0 Å². The first-order chi connectivity index (χ1) is 15.4. The van der Waals surface area contributed by atoms with Crippen LogP contribution in [0.4, 0.5) is 4.79 Å². The van der Waals surface area contributed by atoms with E-state index in [1.807, 2.05) is 12.1 Å². The topological polar surface area (TPSA) is 108 Å². The largest absolute Gasteiger partial charge is 0.497 e. The third-order valence-corrected chi connectivity index (χ3v) is 7.00. The number of hydrogen-bond acceptors (Lipinski definition) is 6. The zero-order valence-electron chi connectivity index (χ0n) is 17.3. The number of carbonyl (C=O) groups excluding carboxylic acids is 1. The minimum atomic E-state index is -3.97. The first-order valence-electron chi connectivity index (χ1n) is 9.86. The highest BCUT2D eigenvalue weighted by Gasteiger charge is 2.38. The fourth-order valence-electron chi connectivity index (χ4n) is 3.58. The summed E-state index contributed by atoms with van der Waals surface area (Å²) in [6.45, 7) is 0.154. The lowest BCUT2D eigenvalue weighted by atomic mass is 10.00. The van der Waals surface area contributed by atoms with E-state index < -0.39 is 22.3 Å². The summed E-state index contributed by atoms with van der Waals surface area (Å²) in [5.74, 6) is 1.77. The average Bonchev–Trinajstić information content (AvgIpc) is 2.80. The van der Waals surface area contributed by atoms with Crippen LogP contribution in [-0.2, 0) is 21.2 Å². The van der Waals surface area contributed by atoms with E-state index in [-0.39, 0.29) is 11.4 Å². The first kappa shape index (κ1) is 21.7. The second-order valence-electron chi connectivity index (χ2n) is 7.10. The van der Waals surface area contributed by atoms with Gasteiger partial charge in [-0.2, -0.15) is 4.31 Å². The number of sulfonamides is 1. The van der Waals surface area contributed by atoms with E-state index in [0.29, 0.717) is 29.2 Å². The molecule has 0 aliphatic carbocycles. The van der Waals surface area contributed by atoms with Crippen LogP contribution in [0.5, 0.6) is 17.2 Å². The number of fused-ring (bicyclic) bond motifs is 1. The van der Waals surface area contributed by atoms with Crippen LogP contribution in [0.3, 0.4) is 0 Å². The summed E-state index contributed by atoms with van der Waals surface area (Å²) >= 11 is 0. The van der Waals surface area contributed by atoms with Gasteiger partial charge in [0.05, 0.1) is 12.0 Å². The van der Waals surface area contributed by atoms with Crippen molar-refractivity contribution >= 4 is 16.1 Å². The average molecular weight is 455 g/mol. The molecular formula is C23H22N2O6S. The van der Waals surface area contributed by atoms with Crippen molar-refractivity contribution in [2.75, 3.05) is 13.7 Å². The molecule has 9 heteroatoms. The van der Waals surface area contributed by atoms with Crippen LogP contribution in [0.2, 0.25) is 0 Å². The number of methoxy groups -OCH3 is 1. The van der Waals surface area contributed by atoms with Crippen LogP contribution >= 0.6 is 0 Å². The smallest absolute Gasteiger partial charge is 0.406 e. The van der Waals surface area contributed by atoms with Crippen molar-refractivity contribution in [3.05, 3.63) is 83.9 Å². The number of carbonyl (C=O) groups is 1. The molecule has 0 unspecified atom stereocenters. The monoisotopic (exact) mass is 454 g/mol. The van der Waals surface area contributed by atoms with Crippen LogP contribution in [0.1, 0.15) is 17.4 Å². The van der Waals surface area contributed by atoms with Crippen molar-refractivity contribution in [2.24, 2.45) is 5.73 Å². The molecule has 3 aromatic carbocycles. The number of hydrogen-bond donors (Lipinski definition) is 1. The molecule has 32 heavy (non-hydrogen) atoms. The van der Waals surface area contributed by atoms with Gasteiger partial charge >= 0.3 is 6.09 Å². The summed E-state index contributed by atoms with van der Waals surface area (Å²) in [6.07, 6.45) is -1.68. The van der Waals surface area contributed by atoms with E-state index in [1.54, 1.807) is 55.6 Å². The van der Waals surface area contributed by atoms with E-state index in [0.717, 1.165) is 9.87 Å². The lowest BCUT2D eigenvalue weighted by Gasteiger charge is -2.35.